The molecule has 2 aliphatic heterocycles. The Bertz CT molecular complexity index is 605. The SMILES string of the molecule is NCC1(c2cc3c4c(ccn4CCC3)c2)COC1. The molecule has 94 valence electrons. The van der Waals surface area contributed by atoms with E-state index in [0.717, 1.165) is 19.8 Å². The molecule has 0 saturated carbocycles. The molecule has 2 N–H and O–H groups in total. The Morgan fingerprint density at radius 2 is 2.22 bits per heavy atom. The summed E-state index contributed by atoms with van der Waals surface area (Å²) in [5.74, 6) is 0. The van der Waals surface area contributed by atoms with Crippen LogP contribution in [0.1, 0.15) is 17.5 Å². The molecule has 4 rings (SSSR count). The van der Waals surface area contributed by atoms with Crippen LogP contribution in [0.15, 0.2) is 24.4 Å². The maximum atomic E-state index is 5.97. The number of hydrogen-bond donors (Lipinski definition) is 1. The Labute approximate surface area is 107 Å². The van der Waals surface area contributed by atoms with Gasteiger partial charge in [-0.05, 0) is 36.1 Å². The van der Waals surface area contributed by atoms with Crippen molar-refractivity contribution in [3.8, 4) is 0 Å². The molecule has 1 aromatic carbocycles. The molecule has 3 heteroatoms. The lowest BCUT2D eigenvalue weighted by molar-refractivity contribution is -0.0550. The van der Waals surface area contributed by atoms with Crippen molar-refractivity contribution in [2.75, 3.05) is 19.8 Å². The number of ether oxygens (including phenoxy) is 1. The van der Waals surface area contributed by atoms with Crippen LogP contribution < -0.4 is 5.73 Å². The number of rotatable bonds is 2. The third kappa shape index (κ3) is 1.26. The zero-order valence-corrected chi connectivity index (χ0v) is 10.5. The van der Waals surface area contributed by atoms with Gasteiger partial charge in [0.15, 0.2) is 0 Å². The second kappa shape index (κ2) is 3.59. The van der Waals surface area contributed by atoms with E-state index >= 15 is 0 Å². The molecule has 1 saturated heterocycles. The highest BCUT2D eigenvalue weighted by Crippen LogP contribution is 2.36. The topological polar surface area (TPSA) is 40.2 Å². The van der Waals surface area contributed by atoms with Gasteiger partial charge in [-0.25, -0.2) is 0 Å². The van der Waals surface area contributed by atoms with Crippen molar-refractivity contribution < 1.29 is 4.74 Å². The highest BCUT2D eigenvalue weighted by atomic mass is 16.5. The van der Waals surface area contributed by atoms with Gasteiger partial charge in [0.05, 0.1) is 24.1 Å². The summed E-state index contributed by atoms with van der Waals surface area (Å²) < 4.78 is 7.78. The Hall–Kier alpha value is -1.32. The maximum Gasteiger partial charge on any atom is 0.0597 e. The molecule has 0 spiro atoms. The predicted molar refractivity (Wildman–Crippen MR) is 71.8 cm³/mol. The highest BCUT2D eigenvalue weighted by Gasteiger charge is 2.39. The first-order valence-corrected chi connectivity index (χ1v) is 6.72. The average molecular weight is 242 g/mol. The number of aryl methyl sites for hydroxylation is 2. The normalized spacial score (nSPS) is 20.9. The molecule has 0 radical (unpaired) electrons. The zero-order valence-electron chi connectivity index (χ0n) is 10.5. The van der Waals surface area contributed by atoms with Gasteiger partial charge >= 0.3 is 0 Å². The fourth-order valence-corrected chi connectivity index (χ4v) is 3.31. The minimum Gasteiger partial charge on any atom is -0.379 e. The van der Waals surface area contributed by atoms with Crippen LogP contribution >= 0.6 is 0 Å². The molecule has 3 heterocycles. The van der Waals surface area contributed by atoms with Crippen molar-refractivity contribution in [2.24, 2.45) is 5.73 Å². The summed E-state index contributed by atoms with van der Waals surface area (Å²) in [6.45, 7) is 3.38. The number of nitrogens with zero attached hydrogens (tertiary/aromatic N) is 1. The Morgan fingerprint density at radius 3 is 2.94 bits per heavy atom. The fourth-order valence-electron chi connectivity index (χ4n) is 3.31. The molecule has 3 nitrogen and oxygen atoms in total. The van der Waals surface area contributed by atoms with Crippen molar-refractivity contribution in [1.82, 2.24) is 4.57 Å². The van der Waals surface area contributed by atoms with E-state index in [1.807, 2.05) is 0 Å². The van der Waals surface area contributed by atoms with E-state index in [9.17, 15) is 0 Å². The first-order chi connectivity index (χ1) is 8.82. The van der Waals surface area contributed by atoms with E-state index in [0.29, 0.717) is 6.54 Å². The molecule has 2 aliphatic rings. The van der Waals surface area contributed by atoms with Crippen molar-refractivity contribution in [3.05, 3.63) is 35.5 Å². The van der Waals surface area contributed by atoms with Crippen LogP contribution in [0.3, 0.4) is 0 Å². The molecular formula is C15H18N2O. The summed E-state index contributed by atoms with van der Waals surface area (Å²) in [6.07, 6.45) is 4.64. The number of nitrogens with two attached hydrogens (primary N) is 1. The molecule has 0 atom stereocenters. The van der Waals surface area contributed by atoms with E-state index in [1.165, 1.54) is 34.9 Å². The molecular weight excluding hydrogens is 224 g/mol. The maximum absolute atomic E-state index is 5.97. The summed E-state index contributed by atoms with van der Waals surface area (Å²) in [5.41, 5.74) is 10.3. The van der Waals surface area contributed by atoms with E-state index < -0.39 is 0 Å². The first kappa shape index (κ1) is 10.6. The van der Waals surface area contributed by atoms with Crippen LogP contribution in [0, 0.1) is 0 Å². The molecule has 2 aromatic rings. The van der Waals surface area contributed by atoms with Gasteiger partial charge in [0.25, 0.3) is 0 Å². The van der Waals surface area contributed by atoms with Crippen LogP contribution in [-0.4, -0.2) is 24.3 Å². The second-order valence-corrected chi connectivity index (χ2v) is 5.66. The molecule has 0 bridgehead atoms. The number of hydrogen-bond acceptors (Lipinski definition) is 2. The minimum atomic E-state index is 0.0736. The zero-order chi connectivity index (χ0) is 12.2. The standard InChI is InChI=1S/C15H18N2O/c16-8-15(9-18-10-15)13-6-11-2-1-4-17-5-3-12(7-13)14(11)17/h3,5-7H,1-2,4,8-10,16H2. The van der Waals surface area contributed by atoms with Crippen molar-refractivity contribution in [2.45, 2.75) is 24.8 Å². The highest BCUT2D eigenvalue weighted by molar-refractivity contribution is 5.85. The van der Waals surface area contributed by atoms with Crippen molar-refractivity contribution in [3.63, 3.8) is 0 Å². The van der Waals surface area contributed by atoms with Gasteiger partial charge in [-0.1, -0.05) is 6.07 Å². The summed E-state index contributed by atoms with van der Waals surface area (Å²) >= 11 is 0. The molecule has 18 heavy (non-hydrogen) atoms. The van der Waals surface area contributed by atoms with Crippen LogP contribution in [0.25, 0.3) is 10.9 Å². The molecule has 1 fully saturated rings. The summed E-state index contributed by atoms with van der Waals surface area (Å²) in [5, 5.41) is 1.36. The van der Waals surface area contributed by atoms with Crippen LogP contribution in [0.4, 0.5) is 0 Å². The Kier molecular flexibility index (Phi) is 2.11. The Balaban J connectivity index is 1.93. The van der Waals surface area contributed by atoms with E-state index in [2.05, 4.69) is 29.0 Å². The summed E-state index contributed by atoms with van der Waals surface area (Å²) in [7, 11) is 0. The van der Waals surface area contributed by atoms with Gasteiger partial charge in [-0.3, -0.25) is 0 Å². The largest absolute Gasteiger partial charge is 0.379 e. The van der Waals surface area contributed by atoms with Crippen LogP contribution in [0.5, 0.6) is 0 Å². The fraction of sp³-hybridized carbons (Fsp3) is 0.467. The number of benzene rings is 1. The van der Waals surface area contributed by atoms with Crippen molar-refractivity contribution in [1.29, 1.82) is 0 Å². The first-order valence-electron chi connectivity index (χ1n) is 6.72. The van der Waals surface area contributed by atoms with Gasteiger partial charge in [0.2, 0.25) is 0 Å². The predicted octanol–water partition coefficient (Wildman–Crippen LogP) is 1.81. The van der Waals surface area contributed by atoms with Gasteiger partial charge in [0, 0.05) is 24.7 Å². The van der Waals surface area contributed by atoms with Crippen molar-refractivity contribution >= 4 is 10.9 Å². The molecule has 0 aliphatic carbocycles. The summed E-state index contributed by atoms with van der Waals surface area (Å²) in [6, 6.07) is 6.92. The average Bonchev–Trinajstić information content (AvgIpc) is 2.74. The van der Waals surface area contributed by atoms with E-state index in [4.69, 9.17) is 10.5 Å². The van der Waals surface area contributed by atoms with E-state index in [-0.39, 0.29) is 5.41 Å². The van der Waals surface area contributed by atoms with Gasteiger partial charge < -0.3 is 15.0 Å². The van der Waals surface area contributed by atoms with Gasteiger partial charge in [-0.2, -0.15) is 0 Å². The quantitative estimate of drug-likeness (QED) is 0.872. The van der Waals surface area contributed by atoms with Gasteiger partial charge in [-0.15, -0.1) is 0 Å². The second-order valence-electron chi connectivity index (χ2n) is 5.66. The Morgan fingerprint density at radius 1 is 1.33 bits per heavy atom. The lowest BCUT2D eigenvalue weighted by atomic mass is 9.77. The lowest BCUT2D eigenvalue weighted by Gasteiger charge is -2.41. The minimum absolute atomic E-state index is 0.0736. The van der Waals surface area contributed by atoms with Crippen LogP contribution in [-0.2, 0) is 23.1 Å². The number of aromatic nitrogens is 1. The van der Waals surface area contributed by atoms with Crippen LogP contribution in [0.2, 0.25) is 0 Å². The third-order valence-electron chi connectivity index (χ3n) is 4.54. The molecule has 0 unspecified atom stereocenters. The smallest absolute Gasteiger partial charge is 0.0597 e. The van der Waals surface area contributed by atoms with E-state index in [1.54, 1.807) is 0 Å². The third-order valence-corrected chi connectivity index (χ3v) is 4.54. The summed E-state index contributed by atoms with van der Waals surface area (Å²) in [4.78, 5) is 0. The van der Waals surface area contributed by atoms with Gasteiger partial charge in [0.1, 0.15) is 0 Å². The molecule has 1 aromatic heterocycles. The molecule has 0 amide bonds. The monoisotopic (exact) mass is 242 g/mol. The lowest BCUT2D eigenvalue weighted by Crippen LogP contribution is -2.52.